The lowest BCUT2D eigenvalue weighted by Crippen LogP contribution is -2.30. The first-order valence-corrected chi connectivity index (χ1v) is 10.2. The monoisotopic (exact) mass is 377 g/mol. The van der Waals surface area contributed by atoms with E-state index in [1.54, 1.807) is 6.07 Å². The van der Waals surface area contributed by atoms with Gasteiger partial charge >= 0.3 is 0 Å². The van der Waals surface area contributed by atoms with E-state index in [1.807, 2.05) is 18.2 Å². The third-order valence-corrected chi connectivity index (χ3v) is 5.12. The van der Waals surface area contributed by atoms with E-state index >= 15 is 0 Å². The molecule has 1 aromatic heterocycles. The summed E-state index contributed by atoms with van der Waals surface area (Å²) in [6.45, 7) is 11.0. The van der Waals surface area contributed by atoms with Gasteiger partial charge in [-0.15, -0.1) is 0 Å². The molecule has 28 heavy (non-hydrogen) atoms. The summed E-state index contributed by atoms with van der Waals surface area (Å²) in [4.78, 5) is 20.0. The highest BCUT2D eigenvalue weighted by Gasteiger charge is 2.20. The van der Waals surface area contributed by atoms with Crippen molar-refractivity contribution in [2.24, 2.45) is 11.8 Å². The minimum absolute atomic E-state index is 0.0694. The van der Waals surface area contributed by atoms with Gasteiger partial charge in [0.05, 0.1) is 16.9 Å². The van der Waals surface area contributed by atoms with E-state index in [0.29, 0.717) is 23.0 Å². The minimum atomic E-state index is -0.0895. The molecule has 4 heteroatoms. The van der Waals surface area contributed by atoms with Gasteiger partial charge in [0.2, 0.25) is 0 Å². The molecule has 0 radical (unpaired) electrons. The van der Waals surface area contributed by atoms with Crippen LogP contribution < -0.4 is 10.9 Å². The molecular formula is C24H31N3O. The lowest BCUT2D eigenvalue weighted by Gasteiger charge is -2.27. The Hall–Kier alpha value is -2.46. The number of aromatic nitrogens is 2. The molecular weight excluding hydrogens is 346 g/mol. The molecule has 0 aliphatic heterocycles. The molecule has 0 fully saturated rings. The second kappa shape index (κ2) is 8.70. The molecule has 3 aromatic rings. The Kier molecular flexibility index (Phi) is 6.30. The van der Waals surface area contributed by atoms with Crippen LogP contribution in [0.3, 0.4) is 0 Å². The van der Waals surface area contributed by atoms with Gasteiger partial charge in [-0.2, -0.15) is 0 Å². The van der Waals surface area contributed by atoms with Gasteiger partial charge in [-0.3, -0.25) is 4.79 Å². The van der Waals surface area contributed by atoms with E-state index in [4.69, 9.17) is 0 Å². The average Bonchev–Trinajstić information content (AvgIpc) is 2.66. The van der Waals surface area contributed by atoms with Crippen LogP contribution in [0.5, 0.6) is 0 Å². The fourth-order valence-corrected chi connectivity index (χ4v) is 3.66. The van der Waals surface area contributed by atoms with Crippen LogP contribution in [-0.2, 0) is 6.42 Å². The van der Waals surface area contributed by atoms with Crippen molar-refractivity contribution in [3.63, 3.8) is 0 Å². The molecule has 2 atom stereocenters. The number of fused-ring (bicyclic) bond motifs is 1. The number of hydrogen-bond donors (Lipinski definition) is 2. The van der Waals surface area contributed by atoms with Crippen molar-refractivity contribution >= 4 is 10.9 Å². The maximum atomic E-state index is 12.4. The normalized spacial score (nSPS) is 14.0. The zero-order valence-electron chi connectivity index (χ0n) is 17.5. The summed E-state index contributed by atoms with van der Waals surface area (Å²) in [5.74, 6) is 1.73. The Labute approximate surface area is 167 Å². The Morgan fingerprint density at radius 1 is 0.964 bits per heavy atom. The fraction of sp³-hybridized carbons (Fsp3) is 0.417. The smallest absolute Gasteiger partial charge is 0.258 e. The van der Waals surface area contributed by atoms with Gasteiger partial charge < -0.3 is 10.3 Å². The number of nitrogens with one attached hydrogen (secondary N) is 2. The summed E-state index contributed by atoms with van der Waals surface area (Å²) >= 11 is 0. The number of rotatable bonds is 7. The molecule has 0 bridgehead atoms. The van der Waals surface area contributed by atoms with Gasteiger partial charge in [0.15, 0.2) is 0 Å². The van der Waals surface area contributed by atoms with E-state index in [0.717, 1.165) is 11.9 Å². The summed E-state index contributed by atoms with van der Waals surface area (Å²) in [6, 6.07) is 16.5. The second-order valence-corrected chi connectivity index (χ2v) is 8.42. The Bertz CT molecular complexity index is 973. The van der Waals surface area contributed by atoms with Crippen LogP contribution in [-0.4, -0.2) is 9.97 Å². The van der Waals surface area contributed by atoms with Crippen LogP contribution in [0.25, 0.3) is 10.9 Å². The second-order valence-electron chi connectivity index (χ2n) is 8.42. The molecule has 0 amide bonds. The van der Waals surface area contributed by atoms with Gasteiger partial charge in [0, 0.05) is 6.04 Å². The first kappa shape index (κ1) is 20.3. The number of benzene rings is 2. The zero-order chi connectivity index (χ0) is 20.3. The summed E-state index contributed by atoms with van der Waals surface area (Å²) in [7, 11) is 0. The van der Waals surface area contributed by atoms with Gasteiger partial charge in [0.25, 0.3) is 5.56 Å². The van der Waals surface area contributed by atoms with Crippen molar-refractivity contribution in [2.75, 3.05) is 0 Å². The lowest BCUT2D eigenvalue weighted by atomic mass is 9.93. The summed E-state index contributed by atoms with van der Waals surface area (Å²) in [6.07, 6.45) is 1.10. The third-order valence-electron chi connectivity index (χ3n) is 5.12. The molecule has 0 aliphatic rings. The van der Waals surface area contributed by atoms with Crippen molar-refractivity contribution in [3.05, 3.63) is 75.8 Å². The van der Waals surface area contributed by atoms with Crippen LogP contribution in [0.4, 0.5) is 0 Å². The molecule has 2 N–H and O–H groups in total. The SMILES string of the molecule is CC(C)Cc1ccc([C@@H](N[C@H](C)c2nc3ccccc3c(=O)[nH]2)C(C)C)cc1. The molecule has 148 valence electrons. The largest absolute Gasteiger partial charge is 0.309 e. The Morgan fingerprint density at radius 3 is 2.29 bits per heavy atom. The number of para-hydroxylation sites is 1. The van der Waals surface area contributed by atoms with Crippen LogP contribution in [0.2, 0.25) is 0 Å². The molecule has 0 spiro atoms. The molecule has 4 nitrogen and oxygen atoms in total. The van der Waals surface area contributed by atoms with Gasteiger partial charge in [-0.1, -0.05) is 64.1 Å². The summed E-state index contributed by atoms with van der Waals surface area (Å²) in [5.41, 5.74) is 3.27. The molecule has 0 aliphatic carbocycles. The van der Waals surface area contributed by atoms with E-state index in [9.17, 15) is 4.79 Å². The standard InChI is InChI=1S/C24H31N3O/c1-15(2)14-18-10-12-19(13-11-18)22(16(3)4)25-17(5)23-26-21-9-7-6-8-20(21)24(28)27-23/h6-13,15-17,22,25H,14H2,1-5H3,(H,26,27,28)/t17-,22+/m1/s1. The maximum absolute atomic E-state index is 12.4. The highest BCUT2D eigenvalue weighted by atomic mass is 16.1. The average molecular weight is 378 g/mol. The van der Waals surface area contributed by atoms with E-state index < -0.39 is 0 Å². The highest BCUT2D eigenvalue weighted by Crippen LogP contribution is 2.26. The van der Waals surface area contributed by atoms with Gasteiger partial charge in [-0.05, 0) is 48.4 Å². The Balaban J connectivity index is 1.83. The number of hydrogen-bond acceptors (Lipinski definition) is 3. The first-order chi connectivity index (χ1) is 13.3. The van der Waals surface area contributed by atoms with Gasteiger partial charge in [-0.25, -0.2) is 4.98 Å². The fourth-order valence-electron chi connectivity index (χ4n) is 3.66. The highest BCUT2D eigenvalue weighted by molar-refractivity contribution is 5.77. The topological polar surface area (TPSA) is 57.8 Å². The molecule has 0 unspecified atom stereocenters. The number of nitrogens with zero attached hydrogens (tertiary/aromatic N) is 1. The third kappa shape index (κ3) is 4.68. The minimum Gasteiger partial charge on any atom is -0.309 e. The van der Waals surface area contributed by atoms with Crippen LogP contribution in [0.1, 0.15) is 63.7 Å². The molecule has 2 aromatic carbocycles. The zero-order valence-corrected chi connectivity index (χ0v) is 17.5. The summed E-state index contributed by atoms with van der Waals surface area (Å²) in [5, 5.41) is 4.29. The van der Waals surface area contributed by atoms with E-state index in [2.05, 4.69) is 74.2 Å². The molecule has 0 saturated carbocycles. The summed E-state index contributed by atoms with van der Waals surface area (Å²) < 4.78 is 0. The van der Waals surface area contributed by atoms with Gasteiger partial charge in [0.1, 0.15) is 5.82 Å². The molecule has 3 rings (SSSR count). The van der Waals surface area contributed by atoms with E-state index in [-0.39, 0.29) is 17.6 Å². The van der Waals surface area contributed by atoms with Crippen LogP contribution in [0, 0.1) is 11.8 Å². The predicted molar refractivity (Wildman–Crippen MR) is 116 cm³/mol. The number of aromatic amines is 1. The van der Waals surface area contributed by atoms with E-state index in [1.165, 1.54) is 11.1 Å². The van der Waals surface area contributed by atoms with Crippen molar-refractivity contribution in [1.82, 2.24) is 15.3 Å². The van der Waals surface area contributed by atoms with Crippen LogP contribution >= 0.6 is 0 Å². The molecule has 0 saturated heterocycles. The van der Waals surface area contributed by atoms with Crippen molar-refractivity contribution < 1.29 is 0 Å². The predicted octanol–water partition coefficient (Wildman–Crippen LogP) is 5.17. The van der Waals surface area contributed by atoms with Crippen LogP contribution in [0.15, 0.2) is 53.3 Å². The molecule has 1 heterocycles. The first-order valence-electron chi connectivity index (χ1n) is 10.2. The Morgan fingerprint density at radius 2 is 1.64 bits per heavy atom. The van der Waals surface area contributed by atoms with Crippen molar-refractivity contribution in [3.8, 4) is 0 Å². The van der Waals surface area contributed by atoms with Crippen molar-refractivity contribution in [1.29, 1.82) is 0 Å². The van der Waals surface area contributed by atoms with Crippen molar-refractivity contribution in [2.45, 2.75) is 53.1 Å². The lowest BCUT2D eigenvalue weighted by molar-refractivity contribution is 0.367. The maximum Gasteiger partial charge on any atom is 0.258 e. The number of H-pyrrole nitrogens is 1. The quantitative estimate of drug-likeness (QED) is 0.597.